The predicted octanol–water partition coefficient (Wildman–Crippen LogP) is 2.23. The fourth-order valence-electron chi connectivity index (χ4n) is 4.36. The summed E-state index contributed by atoms with van der Waals surface area (Å²) in [4.78, 5) is 42.6. The molecule has 3 amide bonds. The van der Waals surface area contributed by atoms with Gasteiger partial charge in [-0.05, 0) is 36.1 Å². The van der Waals surface area contributed by atoms with Gasteiger partial charge in [0.15, 0.2) is 0 Å². The summed E-state index contributed by atoms with van der Waals surface area (Å²) in [5, 5.41) is 16.7. The molecule has 0 aliphatic carbocycles. The first-order valence-electron chi connectivity index (χ1n) is 12.1. The first-order valence-corrected chi connectivity index (χ1v) is 12.6. The molecule has 0 radical (unpaired) electrons. The van der Waals surface area contributed by atoms with Gasteiger partial charge in [0.2, 0.25) is 16.7 Å². The van der Waals surface area contributed by atoms with Crippen molar-refractivity contribution in [1.82, 2.24) is 20.5 Å². The maximum atomic E-state index is 13.4. The number of rotatable bonds is 10. The molecule has 1 fully saturated rings. The second-order valence-corrected chi connectivity index (χ2v) is 9.72. The van der Waals surface area contributed by atoms with Gasteiger partial charge < -0.3 is 20.6 Å². The molecule has 0 unspecified atom stereocenters. The molecular weight excluding hydrogens is 488 g/mol. The van der Waals surface area contributed by atoms with Crippen LogP contribution in [0.25, 0.3) is 0 Å². The van der Waals surface area contributed by atoms with Gasteiger partial charge >= 0.3 is 0 Å². The Hall–Kier alpha value is -3.69. The van der Waals surface area contributed by atoms with E-state index in [1.165, 1.54) is 0 Å². The average molecular weight is 519 g/mol. The molecule has 3 atom stereocenters. The predicted molar refractivity (Wildman–Crippen MR) is 142 cm³/mol. The second-order valence-electron chi connectivity index (χ2n) is 9.04. The maximum Gasteiger partial charge on any atom is 0.264 e. The van der Waals surface area contributed by atoms with Gasteiger partial charge in [0.25, 0.3) is 5.91 Å². The van der Waals surface area contributed by atoms with Gasteiger partial charge in [-0.15, -0.1) is 12.6 Å². The molecule has 2 aromatic carbocycles. The highest BCUT2D eigenvalue weighted by Crippen LogP contribution is 2.25. The summed E-state index contributed by atoms with van der Waals surface area (Å²) in [5.41, 5.74) is 2.34. The van der Waals surface area contributed by atoms with E-state index in [4.69, 9.17) is 0 Å². The van der Waals surface area contributed by atoms with Gasteiger partial charge in [-0.1, -0.05) is 66.7 Å². The Balaban J connectivity index is 1.51. The number of nitrogens with zero attached hydrogens (tertiary/aromatic N) is 2. The Labute approximate surface area is 221 Å². The van der Waals surface area contributed by atoms with E-state index in [0.717, 1.165) is 11.1 Å². The topological polar surface area (TPSA) is 112 Å². The van der Waals surface area contributed by atoms with E-state index in [-0.39, 0.29) is 25.3 Å². The van der Waals surface area contributed by atoms with Gasteiger partial charge in [-0.3, -0.25) is 19.4 Å². The standard InChI is InChI=1S/C28H30N4O4S/c33-25-15-14-23(32(25)19-21-11-5-2-6-12-21)26(34)31-24(17-20-9-3-1-4-10-20)28(36,37)27(35)30-18-22-13-7-8-16-29-22/h1-13,16,23-24,36-37H,14-15,17-19H2,(H,30,35)(H,31,34)/t23-,24-,28-/m1/s1. The number of aromatic nitrogens is 1. The quantitative estimate of drug-likeness (QED) is 0.243. The van der Waals surface area contributed by atoms with Crippen LogP contribution >= 0.6 is 12.6 Å². The first-order chi connectivity index (χ1) is 17.8. The Kier molecular flexibility index (Phi) is 8.58. The molecule has 0 spiro atoms. The SMILES string of the molecule is O=C(N[C@H](Cc1ccccc1)[C@@](O)(S)C(=O)NCc1ccccn1)[C@H]1CCC(=O)N1Cc1ccccc1. The van der Waals surface area contributed by atoms with Gasteiger partial charge in [0, 0.05) is 19.2 Å². The van der Waals surface area contributed by atoms with Crippen molar-refractivity contribution in [3.05, 3.63) is 102 Å². The number of pyridine rings is 1. The number of hydrogen-bond donors (Lipinski definition) is 4. The summed E-state index contributed by atoms with van der Waals surface area (Å²) in [7, 11) is 0. The van der Waals surface area contributed by atoms with E-state index < -0.39 is 28.8 Å². The van der Waals surface area contributed by atoms with Crippen LogP contribution in [0.5, 0.6) is 0 Å². The van der Waals surface area contributed by atoms with Crippen LogP contribution in [0, 0.1) is 0 Å². The van der Waals surface area contributed by atoms with Crippen LogP contribution < -0.4 is 10.6 Å². The smallest absolute Gasteiger partial charge is 0.264 e. The number of aliphatic hydroxyl groups is 1. The molecule has 3 aromatic rings. The molecule has 192 valence electrons. The molecule has 37 heavy (non-hydrogen) atoms. The minimum atomic E-state index is -2.23. The minimum absolute atomic E-state index is 0.0938. The second kappa shape index (κ2) is 12.0. The lowest BCUT2D eigenvalue weighted by Gasteiger charge is -2.33. The summed E-state index contributed by atoms with van der Waals surface area (Å²) in [6.45, 7) is 0.396. The number of thiol groups is 1. The number of nitrogens with one attached hydrogen (secondary N) is 2. The van der Waals surface area contributed by atoms with E-state index in [2.05, 4.69) is 28.2 Å². The molecule has 0 saturated carbocycles. The number of likely N-dealkylation sites (tertiary alicyclic amines) is 1. The lowest BCUT2D eigenvalue weighted by Crippen LogP contribution is -2.60. The van der Waals surface area contributed by atoms with Gasteiger partial charge in [-0.2, -0.15) is 0 Å². The molecule has 2 heterocycles. The molecule has 1 saturated heterocycles. The third-order valence-corrected chi connectivity index (χ3v) is 6.92. The molecule has 1 aliphatic rings. The number of amides is 3. The molecule has 1 aromatic heterocycles. The first kappa shape index (κ1) is 26.4. The third kappa shape index (κ3) is 6.75. The van der Waals surface area contributed by atoms with Crippen LogP contribution in [0.1, 0.15) is 29.7 Å². The highest BCUT2D eigenvalue weighted by Gasteiger charge is 2.44. The van der Waals surface area contributed by atoms with Crippen LogP contribution in [-0.2, 0) is 33.9 Å². The van der Waals surface area contributed by atoms with Gasteiger partial charge in [-0.25, -0.2) is 0 Å². The Bertz CT molecular complexity index is 1210. The van der Waals surface area contributed by atoms with Crippen molar-refractivity contribution in [3.8, 4) is 0 Å². The number of carbonyl (C=O) groups is 3. The zero-order chi connectivity index (χ0) is 26.3. The van der Waals surface area contributed by atoms with Crippen LogP contribution in [0.4, 0.5) is 0 Å². The molecule has 8 nitrogen and oxygen atoms in total. The van der Waals surface area contributed by atoms with Crippen LogP contribution in [0.15, 0.2) is 85.1 Å². The summed E-state index contributed by atoms with van der Waals surface area (Å²) < 4.78 is 0. The van der Waals surface area contributed by atoms with Crippen molar-refractivity contribution in [2.75, 3.05) is 0 Å². The molecule has 4 rings (SSSR count). The molecule has 0 bridgehead atoms. The van der Waals surface area contributed by atoms with E-state index in [9.17, 15) is 19.5 Å². The maximum absolute atomic E-state index is 13.4. The fraction of sp³-hybridized carbons (Fsp3) is 0.286. The van der Waals surface area contributed by atoms with E-state index in [0.29, 0.717) is 18.7 Å². The van der Waals surface area contributed by atoms with Crippen molar-refractivity contribution in [1.29, 1.82) is 0 Å². The molecular formula is C28H30N4O4S. The fourth-order valence-corrected chi connectivity index (χ4v) is 4.59. The van der Waals surface area contributed by atoms with Crippen molar-refractivity contribution < 1.29 is 19.5 Å². The average Bonchev–Trinajstić information content (AvgIpc) is 3.28. The minimum Gasteiger partial charge on any atom is -0.369 e. The third-order valence-electron chi connectivity index (χ3n) is 6.40. The van der Waals surface area contributed by atoms with Crippen molar-refractivity contribution in [3.63, 3.8) is 0 Å². The lowest BCUT2D eigenvalue weighted by atomic mass is 9.99. The zero-order valence-corrected chi connectivity index (χ0v) is 21.2. The van der Waals surface area contributed by atoms with Crippen LogP contribution in [0.2, 0.25) is 0 Å². The monoisotopic (exact) mass is 518 g/mol. The molecule has 3 N–H and O–H groups in total. The molecule has 1 aliphatic heterocycles. The van der Waals surface area contributed by atoms with Crippen LogP contribution in [-0.4, -0.2) is 49.7 Å². The largest absolute Gasteiger partial charge is 0.369 e. The summed E-state index contributed by atoms with van der Waals surface area (Å²) in [6, 6.07) is 22.2. The van der Waals surface area contributed by atoms with Gasteiger partial charge in [0.05, 0.1) is 18.3 Å². The van der Waals surface area contributed by atoms with E-state index in [1.807, 2.05) is 60.7 Å². The van der Waals surface area contributed by atoms with Crippen LogP contribution in [0.3, 0.4) is 0 Å². The number of hydrogen-bond acceptors (Lipinski definition) is 6. The molecule has 9 heteroatoms. The summed E-state index contributed by atoms with van der Waals surface area (Å²) >= 11 is 4.32. The zero-order valence-electron chi connectivity index (χ0n) is 20.3. The number of carbonyl (C=O) groups excluding carboxylic acids is 3. The summed E-state index contributed by atoms with van der Waals surface area (Å²) in [6.07, 6.45) is 2.37. The highest BCUT2D eigenvalue weighted by atomic mass is 32.1. The van der Waals surface area contributed by atoms with Gasteiger partial charge in [0.1, 0.15) is 6.04 Å². The van der Waals surface area contributed by atoms with E-state index >= 15 is 0 Å². The van der Waals surface area contributed by atoms with Crippen molar-refractivity contribution >= 4 is 30.4 Å². The Morgan fingerprint density at radius 2 is 1.68 bits per heavy atom. The van der Waals surface area contributed by atoms with Crippen molar-refractivity contribution in [2.24, 2.45) is 0 Å². The lowest BCUT2D eigenvalue weighted by molar-refractivity contribution is -0.139. The number of benzene rings is 2. The van der Waals surface area contributed by atoms with E-state index in [1.54, 1.807) is 29.3 Å². The highest BCUT2D eigenvalue weighted by molar-refractivity contribution is 7.82. The van der Waals surface area contributed by atoms with Crippen molar-refractivity contribution in [2.45, 2.75) is 49.4 Å². The Morgan fingerprint density at radius 3 is 2.32 bits per heavy atom. The summed E-state index contributed by atoms with van der Waals surface area (Å²) in [5.74, 6) is -1.31. The normalized spacial score (nSPS) is 17.6. The Morgan fingerprint density at radius 1 is 1.03 bits per heavy atom.